The van der Waals surface area contributed by atoms with Crippen molar-refractivity contribution in [3.8, 4) is 0 Å². The molecule has 5 heteroatoms. The zero-order valence-corrected chi connectivity index (χ0v) is 11.8. The molecule has 2 rings (SSSR count). The number of carbonyl (C=O) groups excluding carboxylic acids is 1. The molecule has 0 saturated heterocycles. The monoisotopic (exact) mass is 276 g/mol. The molecule has 0 unspecified atom stereocenters. The van der Waals surface area contributed by atoms with Gasteiger partial charge in [-0.15, -0.1) is 0 Å². The summed E-state index contributed by atoms with van der Waals surface area (Å²) in [6.07, 6.45) is 1.55. The first-order valence-electron chi connectivity index (χ1n) is 6.06. The van der Waals surface area contributed by atoms with Crippen molar-refractivity contribution in [1.29, 1.82) is 0 Å². The highest BCUT2D eigenvalue weighted by Crippen LogP contribution is 2.15. The van der Waals surface area contributed by atoms with Gasteiger partial charge in [-0.3, -0.25) is 0 Å². The molecule has 0 aliphatic carbocycles. The molecule has 0 aromatic carbocycles. The van der Waals surface area contributed by atoms with Crippen LogP contribution in [0.3, 0.4) is 0 Å². The first kappa shape index (κ1) is 13.5. The predicted molar refractivity (Wildman–Crippen MR) is 76.6 cm³/mol. The highest BCUT2D eigenvalue weighted by molar-refractivity contribution is 7.07. The van der Waals surface area contributed by atoms with Crippen molar-refractivity contribution in [3.63, 3.8) is 0 Å². The summed E-state index contributed by atoms with van der Waals surface area (Å²) >= 11 is 1.68. The van der Waals surface area contributed by atoms with Crippen LogP contribution in [-0.4, -0.2) is 24.6 Å². The van der Waals surface area contributed by atoms with E-state index in [0.29, 0.717) is 12.2 Å². The van der Waals surface area contributed by atoms with Crippen molar-refractivity contribution in [2.45, 2.75) is 13.5 Å². The van der Waals surface area contributed by atoms with Crippen LogP contribution in [0.4, 0.5) is 5.82 Å². The number of anilines is 1. The average Bonchev–Trinajstić information content (AvgIpc) is 2.92. The van der Waals surface area contributed by atoms with E-state index in [2.05, 4.69) is 21.8 Å². The maximum Gasteiger partial charge on any atom is 0.339 e. The molecule has 0 N–H and O–H groups in total. The second-order valence-corrected chi connectivity index (χ2v) is 4.89. The zero-order valence-electron chi connectivity index (χ0n) is 11.0. The van der Waals surface area contributed by atoms with Gasteiger partial charge in [0.25, 0.3) is 0 Å². The summed E-state index contributed by atoms with van der Waals surface area (Å²) in [6, 6.07) is 5.66. The first-order valence-corrected chi connectivity index (χ1v) is 7.00. The van der Waals surface area contributed by atoms with Gasteiger partial charge in [0.1, 0.15) is 5.82 Å². The Morgan fingerprint density at radius 3 is 2.84 bits per heavy atom. The number of esters is 1. The van der Waals surface area contributed by atoms with Crippen molar-refractivity contribution < 1.29 is 9.53 Å². The van der Waals surface area contributed by atoms with Crippen molar-refractivity contribution in [3.05, 3.63) is 46.3 Å². The van der Waals surface area contributed by atoms with Crippen molar-refractivity contribution in [2.75, 3.05) is 18.6 Å². The second-order valence-electron chi connectivity index (χ2n) is 4.11. The van der Waals surface area contributed by atoms with Gasteiger partial charge in [0.2, 0.25) is 0 Å². The third-order valence-corrected chi connectivity index (χ3v) is 3.38. The fourth-order valence-electron chi connectivity index (χ4n) is 1.68. The van der Waals surface area contributed by atoms with E-state index in [1.165, 1.54) is 5.56 Å². The Morgan fingerprint density at radius 2 is 2.26 bits per heavy atom. The van der Waals surface area contributed by atoms with Crippen LogP contribution in [0.1, 0.15) is 22.8 Å². The molecule has 0 amide bonds. The Bertz CT molecular complexity index is 523. The number of hydrogen-bond acceptors (Lipinski definition) is 5. The van der Waals surface area contributed by atoms with Crippen LogP contribution in [0.15, 0.2) is 35.2 Å². The molecule has 0 radical (unpaired) electrons. The fourth-order valence-corrected chi connectivity index (χ4v) is 2.34. The minimum absolute atomic E-state index is 0.331. The summed E-state index contributed by atoms with van der Waals surface area (Å²) in [4.78, 5) is 17.8. The molecular formula is C14H16N2O2S. The van der Waals surface area contributed by atoms with Gasteiger partial charge in [-0.1, -0.05) is 0 Å². The van der Waals surface area contributed by atoms with Gasteiger partial charge in [-0.2, -0.15) is 11.3 Å². The molecule has 0 aliphatic heterocycles. The maximum absolute atomic E-state index is 11.5. The van der Waals surface area contributed by atoms with Gasteiger partial charge in [-0.25, -0.2) is 9.78 Å². The Balaban J connectivity index is 2.03. The lowest BCUT2D eigenvalue weighted by atomic mass is 10.2. The predicted octanol–water partition coefficient (Wildman–Crippen LogP) is 2.96. The van der Waals surface area contributed by atoms with Gasteiger partial charge in [0.05, 0.1) is 12.2 Å². The number of rotatable bonds is 5. The van der Waals surface area contributed by atoms with E-state index in [4.69, 9.17) is 4.74 Å². The number of thiophene rings is 1. The number of carbonyl (C=O) groups is 1. The number of aromatic nitrogens is 1. The number of pyridine rings is 1. The standard InChI is InChI=1S/C14H16N2O2S/c1-3-18-14(17)12-4-5-13(15-8-12)16(2)9-11-6-7-19-10-11/h4-8,10H,3,9H2,1-2H3. The van der Waals surface area contributed by atoms with E-state index in [1.807, 2.05) is 18.0 Å². The summed E-state index contributed by atoms with van der Waals surface area (Å²) in [5.74, 6) is 0.501. The van der Waals surface area contributed by atoms with E-state index >= 15 is 0 Å². The lowest BCUT2D eigenvalue weighted by Gasteiger charge is -2.17. The van der Waals surface area contributed by atoms with Crippen LogP contribution in [-0.2, 0) is 11.3 Å². The highest BCUT2D eigenvalue weighted by atomic mass is 32.1. The summed E-state index contributed by atoms with van der Waals surface area (Å²) in [5, 5.41) is 4.17. The highest BCUT2D eigenvalue weighted by Gasteiger charge is 2.08. The van der Waals surface area contributed by atoms with Crippen LogP contribution in [0, 0.1) is 0 Å². The van der Waals surface area contributed by atoms with Crippen LogP contribution < -0.4 is 4.90 Å². The Hall–Kier alpha value is -1.88. The minimum atomic E-state index is -0.331. The van der Waals surface area contributed by atoms with Gasteiger partial charge < -0.3 is 9.64 Å². The normalized spacial score (nSPS) is 10.2. The summed E-state index contributed by atoms with van der Waals surface area (Å²) in [7, 11) is 1.98. The van der Waals surface area contributed by atoms with Gasteiger partial charge in [0.15, 0.2) is 0 Å². The topological polar surface area (TPSA) is 42.4 Å². The van der Waals surface area contributed by atoms with Gasteiger partial charge in [0, 0.05) is 19.8 Å². The van der Waals surface area contributed by atoms with Crippen LogP contribution in [0.25, 0.3) is 0 Å². The van der Waals surface area contributed by atoms with E-state index in [-0.39, 0.29) is 5.97 Å². The molecule has 0 aliphatic rings. The summed E-state index contributed by atoms with van der Waals surface area (Å²) in [5.41, 5.74) is 1.73. The van der Waals surface area contributed by atoms with E-state index in [9.17, 15) is 4.79 Å². The second kappa shape index (κ2) is 6.33. The molecule has 0 bridgehead atoms. The molecule has 19 heavy (non-hydrogen) atoms. The largest absolute Gasteiger partial charge is 0.462 e. The molecule has 0 saturated carbocycles. The van der Waals surface area contributed by atoms with E-state index in [1.54, 1.807) is 30.5 Å². The molecule has 0 spiro atoms. The summed E-state index contributed by atoms with van der Waals surface area (Å²) < 4.78 is 4.92. The zero-order chi connectivity index (χ0) is 13.7. The minimum Gasteiger partial charge on any atom is -0.462 e. The lowest BCUT2D eigenvalue weighted by Crippen LogP contribution is -2.17. The molecule has 4 nitrogen and oxygen atoms in total. The molecule has 100 valence electrons. The van der Waals surface area contributed by atoms with Crippen molar-refractivity contribution in [2.24, 2.45) is 0 Å². The Labute approximate surface area is 116 Å². The average molecular weight is 276 g/mol. The molecule has 2 aromatic rings. The summed E-state index contributed by atoms with van der Waals surface area (Å²) in [6.45, 7) is 2.96. The third-order valence-electron chi connectivity index (χ3n) is 2.65. The van der Waals surface area contributed by atoms with Crippen molar-refractivity contribution in [1.82, 2.24) is 4.98 Å². The van der Waals surface area contributed by atoms with E-state index in [0.717, 1.165) is 12.4 Å². The number of hydrogen-bond donors (Lipinski definition) is 0. The molecule has 0 atom stereocenters. The number of nitrogens with zero attached hydrogens (tertiary/aromatic N) is 2. The van der Waals surface area contributed by atoms with Gasteiger partial charge >= 0.3 is 5.97 Å². The Morgan fingerprint density at radius 1 is 1.42 bits per heavy atom. The smallest absolute Gasteiger partial charge is 0.339 e. The SMILES string of the molecule is CCOC(=O)c1ccc(N(C)Cc2ccsc2)nc1. The molecular weight excluding hydrogens is 260 g/mol. The van der Waals surface area contributed by atoms with E-state index < -0.39 is 0 Å². The maximum atomic E-state index is 11.5. The van der Waals surface area contributed by atoms with Crippen LogP contribution in [0.2, 0.25) is 0 Å². The third kappa shape index (κ3) is 3.54. The van der Waals surface area contributed by atoms with Crippen molar-refractivity contribution >= 4 is 23.1 Å². The molecule has 0 fully saturated rings. The van der Waals surface area contributed by atoms with Crippen LogP contribution in [0.5, 0.6) is 0 Å². The fraction of sp³-hybridized carbons (Fsp3) is 0.286. The number of ether oxygens (including phenoxy) is 1. The molecule has 2 heterocycles. The quantitative estimate of drug-likeness (QED) is 0.787. The van der Waals surface area contributed by atoms with Gasteiger partial charge in [-0.05, 0) is 41.4 Å². The lowest BCUT2D eigenvalue weighted by molar-refractivity contribution is 0.0526. The molecule has 2 aromatic heterocycles. The Kier molecular flexibility index (Phi) is 4.52. The first-order chi connectivity index (χ1) is 9.20. The van der Waals surface area contributed by atoms with Crippen LogP contribution >= 0.6 is 11.3 Å².